The fourth-order valence-corrected chi connectivity index (χ4v) is 7.85. The van der Waals surface area contributed by atoms with Crippen molar-refractivity contribution in [1.82, 2.24) is 9.13 Å². The van der Waals surface area contributed by atoms with Gasteiger partial charge in [0.1, 0.15) is 5.82 Å². The minimum atomic E-state index is -0.283. The van der Waals surface area contributed by atoms with E-state index in [-0.39, 0.29) is 5.82 Å². The highest BCUT2D eigenvalue weighted by molar-refractivity contribution is 6.12. The van der Waals surface area contributed by atoms with E-state index in [2.05, 4.69) is 172 Å². The van der Waals surface area contributed by atoms with Crippen LogP contribution in [0.4, 0.5) is 21.5 Å². The van der Waals surface area contributed by atoms with Gasteiger partial charge >= 0.3 is 0 Å². The Bertz CT molecular complexity index is 2920. The normalized spacial score (nSPS) is 11.6. The number of nitrogens with zero attached hydrogens (tertiary/aromatic N) is 3. The molecule has 0 bridgehead atoms. The molecule has 0 radical (unpaired) electrons. The maximum atomic E-state index is 15.1. The van der Waals surface area contributed by atoms with Crippen LogP contribution in [0.15, 0.2) is 194 Å². The number of fused-ring (bicyclic) bond motifs is 6. The van der Waals surface area contributed by atoms with E-state index in [1.807, 2.05) is 18.2 Å². The van der Waals surface area contributed by atoms with Crippen molar-refractivity contribution >= 4 is 60.7 Å². The highest BCUT2D eigenvalue weighted by Crippen LogP contribution is 2.42. The molecular formula is C48H32FN3. The molecule has 2 aromatic heterocycles. The molecule has 0 aliphatic rings. The summed E-state index contributed by atoms with van der Waals surface area (Å²) >= 11 is 0. The minimum absolute atomic E-state index is 0.283. The number of hydrogen-bond acceptors (Lipinski definition) is 1. The maximum absolute atomic E-state index is 15.1. The van der Waals surface area contributed by atoms with E-state index in [0.717, 1.165) is 66.8 Å². The molecule has 0 aliphatic carbocycles. The number of aromatic nitrogens is 2. The highest BCUT2D eigenvalue weighted by Gasteiger charge is 2.20. The zero-order valence-electron chi connectivity index (χ0n) is 28.2. The minimum Gasteiger partial charge on any atom is -0.310 e. The molecule has 0 saturated heterocycles. The SMILES string of the molecule is Fc1cccc(N(c2ccc3c4ccccc4n(-c4ccccc4)c3c2)c2ccc3c4ccccc4n(-c4cccc(-c5ccccc5)c4)c3c2)c1. The van der Waals surface area contributed by atoms with E-state index in [1.165, 1.54) is 22.4 Å². The molecule has 10 aromatic rings. The molecule has 8 aromatic carbocycles. The van der Waals surface area contributed by atoms with E-state index in [0.29, 0.717) is 0 Å². The average molecular weight is 670 g/mol. The molecule has 0 spiro atoms. The first-order valence-corrected chi connectivity index (χ1v) is 17.5. The van der Waals surface area contributed by atoms with E-state index in [9.17, 15) is 0 Å². The Hall–Kier alpha value is -6.91. The van der Waals surface area contributed by atoms with Crippen molar-refractivity contribution in [3.8, 4) is 22.5 Å². The number of benzene rings is 8. The van der Waals surface area contributed by atoms with Crippen LogP contribution >= 0.6 is 0 Å². The van der Waals surface area contributed by atoms with Crippen LogP contribution in [0.5, 0.6) is 0 Å². The summed E-state index contributed by atoms with van der Waals surface area (Å²) in [6, 6.07) is 66.8. The molecule has 52 heavy (non-hydrogen) atoms. The van der Waals surface area contributed by atoms with Gasteiger partial charge in [-0.25, -0.2) is 4.39 Å². The third-order valence-corrected chi connectivity index (χ3v) is 10.1. The van der Waals surface area contributed by atoms with Gasteiger partial charge in [0.2, 0.25) is 0 Å². The van der Waals surface area contributed by atoms with Crippen LogP contribution in [0.2, 0.25) is 0 Å². The lowest BCUT2D eigenvalue weighted by molar-refractivity contribution is 0.628. The first-order chi connectivity index (χ1) is 25.7. The van der Waals surface area contributed by atoms with Crippen LogP contribution in [-0.2, 0) is 0 Å². The number of rotatable bonds is 6. The Balaban J connectivity index is 1.22. The summed E-state index contributed by atoms with van der Waals surface area (Å²) in [4.78, 5) is 2.16. The molecule has 3 nitrogen and oxygen atoms in total. The fourth-order valence-electron chi connectivity index (χ4n) is 7.85. The first kappa shape index (κ1) is 30.0. The second-order valence-corrected chi connectivity index (χ2v) is 13.2. The Labute approximate surface area is 300 Å². The van der Waals surface area contributed by atoms with Crippen molar-refractivity contribution in [3.63, 3.8) is 0 Å². The lowest BCUT2D eigenvalue weighted by Gasteiger charge is -2.26. The Morgan fingerprint density at radius 1 is 0.327 bits per heavy atom. The summed E-state index contributed by atoms with van der Waals surface area (Å²) in [7, 11) is 0. The van der Waals surface area contributed by atoms with Gasteiger partial charge in [0.25, 0.3) is 0 Å². The predicted molar refractivity (Wildman–Crippen MR) is 215 cm³/mol. The van der Waals surface area contributed by atoms with Crippen LogP contribution in [0.25, 0.3) is 66.1 Å². The van der Waals surface area contributed by atoms with Gasteiger partial charge in [-0.1, -0.05) is 115 Å². The number of para-hydroxylation sites is 3. The van der Waals surface area contributed by atoms with Crippen molar-refractivity contribution in [3.05, 3.63) is 200 Å². The second kappa shape index (κ2) is 12.1. The molecule has 0 unspecified atom stereocenters. The van der Waals surface area contributed by atoms with Gasteiger partial charge in [-0.15, -0.1) is 0 Å². The van der Waals surface area contributed by atoms with Gasteiger partial charge in [-0.3, -0.25) is 0 Å². The van der Waals surface area contributed by atoms with Crippen LogP contribution in [0, 0.1) is 5.82 Å². The molecule has 0 atom stereocenters. The molecule has 0 N–H and O–H groups in total. The fraction of sp³-hybridized carbons (Fsp3) is 0. The number of halogens is 1. The van der Waals surface area contributed by atoms with Gasteiger partial charge in [0, 0.05) is 50.0 Å². The maximum Gasteiger partial charge on any atom is 0.125 e. The van der Waals surface area contributed by atoms with Crippen LogP contribution in [0.1, 0.15) is 0 Å². The number of anilines is 3. The summed E-state index contributed by atoms with van der Waals surface area (Å²) in [5, 5.41) is 4.69. The average Bonchev–Trinajstić information content (AvgIpc) is 3.71. The van der Waals surface area contributed by atoms with E-state index in [4.69, 9.17) is 0 Å². The van der Waals surface area contributed by atoms with Crippen molar-refractivity contribution < 1.29 is 4.39 Å². The third kappa shape index (κ3) is 4.88. The molecule has 0 amide bonds. The summed E-state index contributed by atoms with van der Waals surface area (Å²) in [5.41, 5.74) is 11.5. The third-order valence-electron chi connectivity index (χ3n) is 10.1. The lowest BCUT2D eigenvalue weighted by Crippen LogP contribution is -2.10. The quantitative estimate of drug-likeness (QED) is 0.172. The van der Waals surface area contributed by atoms with E-state index in [1.54, 1.807) is 12.1 Å². The molecule has 0 aliphatic heterocycles. The number of hydrogen-bond donors (Lipinski definition) is 0. The van der Waals surface area contributed by atoms with E-state index >= 15 is 4.39 Å². The Kier molecular flexibility index (Phi) is 7.00. The molecule has 10 rings (SSSR count). The summed E-state index contributed by atoms with van der Waals surface area (Å²) in [5.74, 6) is -0.283. The Morgan fingerprint density at radius 3 is 1.44 bits per heavy atom. The summed E-state index contributed by atoms with van der Waals surface area (Å²) in [6.07, 6.45) is 0. The topological polar surface area (TPSA) is 13.1 Å². The van der Waals surface area contributed by atoms with Crippen LogP contribution in [0.3, 0.4) is 0 Å². The monoisotopic (exact) mass is 669 g/mol. The van der Waals surface area contributed by atoms with Gasteiger partial charge in [-0.2, -0.15) is 0 Å². The molecule has 0 fully saturated rings. The second-order valence-electron chi connectivity index (χ2n) is 13.2. The van der Waals surface area contributed by atoms with Gasteiger partial charge < -0.3 is 14.0 Å². The van der Waals surface area contributed by atoms with Gasteiger partial charge in [0.05, 0.1) is 22.1 Å². The zero-order chi connectivity index (χ0) is 34.6. The van der Waals surface area contributed by atoms with Gasteiger partial charge in [-0.05, 0) is 90.0 Å². The Morgan fingerprint density at radius 2 is 0.808 bits per heavy atom. The molecular weight excluding hydrogens is 638 g/mol. The first-order valence-electron chi connectivity index (χ1n) is 17.5. The molecule has 2 heterocycles. The van der Waals surface area contributed by atoms with Crippen molar-refractivity contribution in [1.29, 1.82) is 0 Å². The molecule has 246 valence electrons. The smallest absolute Gasteiger partial charge is 0.125 e. The standard InChI is InChI=1S/C48H32FN3/c49-35-16-12-20-38(30-35)50(39-25-27-43-41-21-7-9-23-45(41)51(47(43)31-39)36-17-5-2-6-18-36)40-26-28-44-42-22-8-10-24-46(42)52(48(44)32-40)37-19-11-15-34(29-37)33-13-3-1-4-14-33/h1-32H. The van der Waals surface area contributed by atoms with Crippen LogP contribution in [-0.4, -0.2) is 9.13 Å². The summed E-state index contributed by atoms with van der Waals surface area (Å²) in [6.45, 7) is 0. The largest absolute Gasteiger partial charge is 0.310 e. The van der Waals surface area contributed by atoms with Crippen molar-refractivity contribution in [2.24, 2.45) is 0 Å². The highest BCUT2D eigenvalue weighted by atomic mass is 19.1. The molecule has 4 heteroatoms. The molecule has 0 saturated carbocycles. The van der Waals surface area contributed by atoms with Gasteiger partial charge in [0.15, 0.2) is 0 Å². The summed E-state index contributed by atoms with van der Waals surface area (Å²) < 4.78 is 19.7. The van der Waals surface area contributed by atoms with Crippen molar-refractivity contribution in [2.45, 2.75) is 0 Å². The van der Waals surface area contributed by atoms with E-state index < -0.39 is 0 Å². The lowest BCUT2D eigenvalue weighted by atomic mass is 10.1. The van der Waals surface area contributed by atoms with Crippen LogP contribution < -0.4 is 4.90 Å². The predicted octanol–water partition coefficient (Wildman–Crippen LogP) is 13.2. The van der Waals surface area contributed by atoms with Crippen molar-refractivity contribution in [2.75, 3.05) is 4.90 Å². The zero-order valence-corrected chi connectivity index (χ0v) is 28.2.